The van der Waals surface area contributed by atoms with Gasteiger partial charge in [0.1, 0.15) is 5.84 Å². The second kappa shape index (κ2) is 2.53. The van der Waals surface area contributed by atoms with Gasteiger partial charge in [-0.3, -0.25) is 0 Å². The molecule has 0 aromatic rings. The summed E-state index contributed by atoms with van der Waals surface area (Å²) in [5.74, 6) is 0.681. The van der Waals surface area contributed by atoms with Gasteiger partial charge in [0.2, 0.25) is 0 Å². The van der Waals surface area contributed by atoms with Crippen molar-refractivity contribution in [1.29, 1.82) is 0 Å². The van der Waals surface area contributed by atoms with Crippen LogP contribution in [0.1, 0.15) is 13.3 Å². The van der Waals surface area contributed by atoms with E-state index in [1.165, 1.54) is 0 Å². The van der Waals surface area contributed by atoms with E-state index in [0.717, 1.165) is 6.42 Å². The van der Waals surface area contributed by atoms with Crippen molar-refractivity contribution in [2.24, 2.45) is 10.7 Å². The van der Waals surface area contributed by atoms with Crippen LogP contribution in [0.15, 0.2) is 17.4 Å². The van der Waals surface area contributed by atoms with Gasteiger partial charge in [-0.1, -0.05) is 6.92 Å². The van der Waals surface area contributed by atoms with Gasteiger partial charge in [-0.25, -0.2) is 4.99 Å². The zero-order valence-corrected chi connectivity index (χ0v) is 5.46. The van der Waals surface area contributed by atoms with Crippen LogP contribution in [0.3, 0.4) is 0 Å². The van der Waals surface area contributed by atoms with Gasteiger partial charge in [-0.2, -0.15) is 0 Å². The zero-order chi connectivity index (χ0) is 6.69. The van der Waals surface area contributed by atoms with Crippen molar-refractivity contribution in [2.45, 2.75) is 19.4 Å². The first-order chi connectivity index (χ1) is 4.34. The summed E-state index contributed by atoms with van der Waals surface area (Å²) in [6.07, 6.45) is 4.46. The molecular weight excluding hydrogens is 114 g/mol. The Bertz CT molecular complexity index is 148. The number of nitrogens with two attached hydrogens (primary N) is 1. The van der Waals surface area contributed by atoms with Crippen LogP contribution in [-0.2, 0) is 0 Å². The molecule has 1 rings (SSSR count). The third-order valence-corrected chi connectivity index (χ3v) is 1.36. The standard InChI is InChI=1S/C6H11N3/c1-2-5-6(7)9-4-3-8-5/h3-5,8H,2H2,1H3,(H2,7,9). The van der Waals surface area contributed by atoms with E-state index >= 15 is 0 Å². The molecule has 0 saturated heterocycles. The lowest BCUT2D eigenvalue weighted by Crippen LogP contribution is -2.39. The Labute approximate surface area is 54.7 Å². The Morgan fingerprint density at radius 2 is 2.67 bits per heavy atom. The second-order valence-electron chi connectivity index (χ2n) is 2.00. The summed E-state index contributed by atoms with van der Waals surface area (Å²) in [4.78, 5) is 3.93. The molecule has 1 aliphatic rings. The third-order valence-electron chi connectivity index (χ3n) is 1.36. The molecule has 0 aliphatic carbocycles. The largest absolute Gasteiger partial charge is 0.385 e. The van der Waals surface area contributed by atoms with Gasteiger partial charge in [0.05, 0.1) is 6.04 Å². The predicted molar refractivity (Wildman–Crippen MR) is 38.0 cm³/mol. The van der Waals surface area contributed by atoms with Crippen LogP contribution >= 0.6 is 0 Å². The average Bonchev–Trinajstić information content (AvgIpc) is 1.89. The lowest BCUT2D eigenvalue weighted by atomic mass is 10.2. The summed E-state index contributed by atoms with van der Waals surface area (Å²) >= 11 is 0. The summed E-state index contributed by atoms with van der Waals surface area (Å²) in [5, 5.41) is 3.08. The molecule has 1 aliphatic heterocycles. The van der Waals surface area contributed by atoms with Gasteiger partial charge in [-0.15, -0.1) is 0 Å². The molecule has 0 amide bonds. The van der Waals surface area contributed by atoms with Crippen LogP contribution in [0.2, 0.25) is 0 Å². The SMILES string of the molecule is CCC1NC=CN=C1N. The first-order valence-corrected chi connectivity index (χ1v) is 3.09. The molecule has 0 spiro atoms. The third kappa shape index (κ3) is 1.22. The maximum absolute atomic E-state index is 5.53. The van der Waals surface area contributed by atoms with Crippen LogP contribution in [0.5, 0.6) is 0 Å². The van der Waals surface area contributed by atoms with E-state index in [1.54, 1.807) is 6.20 Å². The lowest BCUT2D eigenvalue weighted by molar-refractivity contribution is 0.694. The summed E-state index contributed by atoms with van der Waals surface area (Å²) < 4.78 is 0. The molecule has 1 atom stereocenters. The number of hydrogen-bond acceptors (Lipinski definition) is 3. The van der Waals surface area contributed by atoms with Gasteiger partial charge in [0, 0.05) is 12.4 Å². The highest BCUT2D eigenvalue weighted by Gasteiger charge is 2.08. The van der Waals surface area contributed by atoms with Gasteiger partial charge in [-0.05, 0) is 6.42 Å². The quantitative estimate of drug-likeness (QED) is 0.526. The summed E-state index contributed by atoms with van der Waals surface area (Å²) in [6, 6.07) is 0.245. The maximum Gasteiger partial charge on any atom is 0.122 e. The number of nitrogens with zero attached hydrogens (tertiary/aromatic N) is 1. The maximum atomic E-state index is 5.53. The molecule has 9 heavy (non-hydrogen) atoms. The number of rotatable bonds is 1. The first kappa shape index (κ1) is 6.13. The number of aliphatic imine (C=N–C) groups is 1. The molecule has 0 saturated carbocycles. The highest BCUT2D eigenvalue weighted by atomic mass is 15.0. The van der Waals surface area contributed by atoms with Crippen molar-refractivity contribution in [2.75, 3.05) is 0 Å². The molecule has 0 bridgehead atoms. The number of nitrogens with one attached hydrogen (secondary N) is 1. The Balaban J connectivity index is 2.59. The molecule has 0 fully saturated rings. The Morgan fingerprint density at radius 1 is 1.89 bits per heavy atom. The number of amidine groups is 1. The topological polar surface area (TPSA) is 50.4 Å². The highest BCUT2D eigenvalue weighted by molar-refractivity contribution is 5.86. The molecule has 3 N–H and O–H groups in total. The minimum atomic E-state index is 0.245. The fourth-order valence-electron chi connectivity index (χ4n) is 0.785. The molecular formula is C6H11N3. The zero-order valence-electron chi connectivity index (χ0n) is 5.46. The predicted octanol–water partition coefficient (Wildman–Crippen LogP) is 0.197. The molecule has 50 valence electrons. The van der Waals surface area contributed by atoms with Crippen molar-refractivity contribution in [1.82, 2.24) is 5.32 Å². The summed E-state index contributed by atoms with van der Waals surface area (Å²) in [5.41, 5.74) is 5.53. The smallest absolute Gasteiger partial charge is 0.122 e. The Morgan fingerprint density at radius 3 is 3.11 bits per heavy atom. The van der Waals surface area contributed by atoms with E-state index in [1.807, 2.05) is 6.20 Å². The van der Waals surface area contributed by atoms with E-state index in [2.05, 4.69) is 17.2 Å². The minimum absolute atomic E-state index is 0.245. The molecule has 1 unspecified atom stereocenters. The van der Waals surface area contributed by atoms with Gasteiger partial charge >= 0.3 is 0 Å². The van der Waals surface area contributed by atoms with Crippen molar-refractivity contribution < 1.29 is 0 Å². The van der Waals surface area contributed by atoms with E-state index in [0.29, 0.717) is 5.84 Å². The fourth-order valence-corrected chi connectivity index (χ4v) is 0.785. The highest BCUT2D eigenvalue weighted by Crippen LogP contribution is 1.95. The Hall–Kier alpha value is -0.990. The van der Waals surface area contributed by atoms with E-state index in [4.69, 9.17) is 5.73 Å². The van der Waals surface area contributed by atoms with E-state index in [9.17, 15) is 0 Å². The van der Waals surface area contributed by atoms with Crippen LogP contribution in [0.4, 0.5) is 0 Å². The summed E-state index contributed by atoms with van der Waals surface area (Å²) in [7, 11) is 0. The molecule has 0 aromatic heterocycles. The van der Waals surface area contributed by atoms with Crippen molar-refractivity contribution in [3.05, 3.63) is 12.4 Å². The van der Waals surface area contributed by atoms with Crippen molar-refractivity contribution >= 4 is 5.84 Å². The summed E-state index contributed by atoms with van der Waals surface area (Å²) in [6.45, 7) is 2.07. The van der Waals surface area contributed by atoms with Crippen LogP contribution in [0.25, 0.3) is 0 Å². The molecule has 0 aromatic carbocycles. The molecule has 3 nitrogen and oxygen atoms in total. The average molecular weight is 125 g/mol. The second-order valence-corrected chi connectivity index (χ2v) is 2.00. The van der Waals surface area contributed by atoms with Gasteiger partial charge in [0.25, 0.3) is 0 Å². The molecule has 3 heteroatoms. The van der Waals surface area contributed by atoms with E-state index in [-0.39, 0.29) is 6.04 Å². The van der Waals surface area contributed by atoms with Crippen molar-refractivity contribution in [3.63, 3.8) is 0 Å². The van der Waals surface area contributed by atoms with Crippen LogP contribution in [-0.4, -0.2) is 11.9 Å². The van der Waals surface area contributed by atoms with E-state index < -0.39 is 0 Å². The first-order valence-electron chi connectivity index (χ1n) is 3.09. The monoisotopic (exact) mass is 125 g/mol. The van der Waals surface area contributed by atoms with Gasteiger partial charge < -0.3 is 11.1 Å². The van der Waals surface area contributed by atoms with Crippen molar-refractivity contribution in [3.8, 4) is 0 Å². The lowest BCUT2D eigenvalue weighted by Gasteiger charge is -2.16. The van der Waals surface area contributed by atoms with Crippen LogP contribution < -0.4 is 11.1 Å². The minimum Gasteiger partial charge on any atom is -0.385 e. The molecule has 0 radical (unpaired) electrons. The number of hydrogen-bond donors (Lipinski definition) is 2. The van der Waals surface area contributed by atoms with Crippen LogP contribution in [0, 0.1) is 0 Å². The Kier molecular flexibility index (Phi) is 1.72. The normalized spacial score (nSPS) is 25.0. The molecule has 1 heterocycles. The fraction of sp³-hybridized carbons (Fsp3) is 0.500. The van der Waals surface area contributed by atoms with Gasteiger partial charge in [0.15, 0.2) is 0 Å².